The molecular formula is C20H24N4O4. The summed E-state index contributed by atoms with van der Waals surface area (Å²) in [6, 6.07) is 5.07. The third-order valence-corrected chi connectivity index (χ3v) is 4.31. The lowest BCUT2D eigenvalue weighted by molar-refractivity contribution is -0.138. The Morgan fingerprint density at radius 3 is 2.93 bits per heavy atom. The van der Waals surface area contributed by atoms with Crippen LogP contribution in [0, 0.1) is 0 Å². The van der Waals surface area contributed by atoms with Gasteiger partial charge in [-0.05, 0) is 31.0 Å². The molecule has 0 saturated heterocycles. The van der Waals surface area contributed by atoms with Gasteiger partial charge >= 0.3 is 5.97 Å². The maximum Gasteiger partial charge on any atom is 0.338 e. The van der Waals surface area contributed by atoms with Gasteiger partial charge in [0.05, 0.1) is 19.3 Å². The van der Waals surface area contributed by atoms with Gasteiger partial charge in [-0.25, -0.2) is 9.48 Å². The summed E-state index contributed by atoms with van der Waals surface area (Å²) in [6.07, 6.45) is 3.86. The van der Waals surface area contributed by atoms with Crippen molar-refractivity contribution in [3.8, 4) is 11.5 Å². The fourth-order valence-electron chi connectivity index (χ4n) is 3.06. The zero-order valence-electron chi connectivity index (χ0n) is 16.3. The summed E-state index contributed by atoms with van der Waals surface area (Å²) in [4.78, 5) is 17.0. The molecule has 8 heteroatoms. The fourth-order valence-corrected chi connectivity index (χ4v) is 3.06. The second-order valence-electron chi connectivity index (χ2n) is 6.24. The number of rotatable bonds is 8. The molecule has 2 heterocycles. The summed E-state index contributed by atoms with van der Waals surface area (Å²) in [5.41, 5.74) is 1.91. The third kappa shape index (κ3) is 3.71. The Morgan fingerprint density at radius 1 is 1.39 bits per heavy atom. The molecule has 1 aromatic heterocycles. The second-order valence-corrected chi connectivity index (χ2v) is 6.24. The van der Waals surface area contributed by atoms with E-state index >= 15 is 0 Å². The topological polar surface area (TPSA) is 87.5 Å². The van der Waals surface area contributed by atoms with Gasteiger partial charge in [0.25, 0.3) is 0 Å². The highest BCUT2D eigenvalue weighted by molar-refractivity contribution is 5.92. The van der Waals surface area contributed by atoms with E-state index in [0.29, 0.717) is 35.3 Å². The average Bonchev–Trinajstić information content (AvgIpc) is 3.17. The van der Waals surface area contributed by atoms with E-state index in [9.17, 15) is 4.79 Å². The minimum absolute atomic E-state index is 0.125. The highest BCUT2D eigenvalue weighted by Crippen LogP contribution is 2.38. The van der Waals surface area contributed by atoms with E-state index in [-0.39, 0.29) is 6.61 Å². The zero-order valence-corrected chi connectivity index (χ0v) is 16.3. The van der Waals surface area contributed by atoms with E-state index in [2.05, 4.69) is 22.0 Å². The van der Waals surface area contributed by atoms with Crippen LogP contribution in [0.3, 0.4) is 0 Å². The summed E-state index contributed by atoms with van der Waals surface area (Å²) in [5, 5.41) is 7.40. The van der Waals surface area contributed by atoms with Crippen molar-refractivity contribution < 1.29 is 19.0 Å². The van der Waals surface area contributed by atoms with Crippen molar-refractivity contribution in [3.05, 3.63) is 54.0 Å². The molecule has 1 N–H and O–H groups in total. The molecule has 1 aromatic carbocycles. The molecule has 2 aromatic rings. The predicted octanol–water partition coefficient (Wildman–Crippen LogP) is 3.09. The number of fused-ring (bicyclic) bond motifs is 1. The van der Waals surface area contributed by atoms with Crippen LogP contribution < -0.4 is 14.8 Å². The number of carbonyl (C=O) groups excluding carboxylic acids is 1. The number of allylic oxidation sites excluding steroid dienone is 1. The number of hydrogen-bond acceptors (Lipinski definition) is 7. The first-order chi connectivity index (χ1) is 13.6. The van der Waals surface area contributed by atoms with Crippen molar-refractivity contribution in [2.45, 2.75) is 26.3 Å². The van der Waals surface area contributed by atoms with Gasteiger partial charge < -0.3 is 19.5 Å². The highest BCUT2D eigenvalue weighted by Gasteiger charge is 2.34. The van der Waals surface area contributed by atoms with Crippen LogP contribution in [0.5, 0.6) is 11.5 Å². The SMILES string of the molecule is C=CCOC(=O)C1=C(C)Nc2ncnn2C1c1ccc(OCCC)c(OC)c1. The molecular weight excluding hydrogens is 360 g/mol. The quantitative estimate of drug-likeness (QED) is 0.553. The zero-order chi connectivity index (χ0) is 20.1. The molecule has 1 aliphatic rings. The van der Waals surface area contributed by atoms with E-state index in [4.69, 9.17) is 14.2 Å². The largest absolute Gasteiger partial charge is 0.493 e. The lowest BCUT2D eigenvalue weighted by atomic mass is 9.95. The fraction of sp³-hybridized carbons (Fsp3) is 0.350. The smallest absolute Gasteiger partial charge is 0.338 e. The summed E-state index contributed by atoms with van der Waals surface area (Å²) in [6.45, 7) is 8.16. The Bertz CT molecular complexity index is 903. The lowest BCUT2D eigenvalue weighted by Gasteiger charge is -2.28. The molecule has 8 nitrogen and oxygen atoms in total. The van der Waals surface area contributed by atoms with E-state index < -0.39 is 12.0 Å². The number of hydrogen-bond donors (Lipinski definition) is 1. The normalized spacial score (nSPS) is 15.5. The van der Waals surface area contributed by atoms with Crippen molar-refractivity contribution in [2.75, 3.05) is 25.6 Å². The van der Waals surface area contributed by atoms with E-state index in [1.165, 1.54) is 12.4 Å². The van der Waals surface area contributed by atoms with Gasteiger partial charge in [-0.3, -0.25) is 0 Å². The second kappa shape index (κ2) is 8.60. The van der Waals surface area contributed by atoms with Crippen LogP contribution in [-0.4, -0.2) is 41.1 Å². The van der Waals surface area contributed by atoms with Crippen LogP contribution in [0.2, 0.25) is 0 Å². The molecule has 28 heavy (non-hydrogen) atoms. The number of nitrogens with zero attached hydrogens (tertiary/aromatic N) is 3. The highest BCUT2D eigenvalue weighted by atomic mass is 16.5. The van der Waals surface area contributed by atoms with Crippen LogP contribution in [0.15, 0.2) is 48.5 Å². The minimum atomic E-state index is -0.509. The van der Waals surface area contributed by atoms with Crippen LogP contribution in [0.25, 0.3) is 0 Å². The summed E-state index contributed by atoms with van der Waals surface area (Å²) >= 11 is 0. The number of aromatic nitrogens is 3. The van der Waals surface area contributed by atoms with Gasteiger partial charge in [-0.15, -0.1) is 0 Å². The van der Waals surface area contributed by atoms with Crippen molar-refractivity contribution in [1.29, 1.82) is 0 Å². The molecule has 148 valence electrons. The molecule has 0 radical (unpaired) electrons. The Balaban J connectivity index is 2.06. The number of anilines is 1. The Hall–Kier alpha value is -3.29. The van der Waals surface area contributed by atoms with Gasteiger partial charge in [0.2, 0.25) is 5.95 Å². The molecule has 0 amide bonds. The average molecular weight is 384 g/mol. The minimum Gasteiger partial charge on any atom is -0.493 e. The number of ether oxygens (including phenoxy) is 3. The van der Waals surface area contributed by atoms with Crippen molar-refractivity contribution in [2.24, 2.45) is 0 Å². The monoisotopic (exact) mass is 384 g/mol. The van der Waals surface area contributed by atoms with E-state index in [0.717, 1.165) is 12.0 Å². The van der Waals surface area contributed by atoms with Gasteiger partial charge in [0.1, 0.15) is 19.0 Å². The van der Waals surface area contributed by atoms with Crippen LogP contribution in [0.4, 0.5) is 5.95 Å². The first-order valence-corrected chi connectivity index (χ1v) is 9.06. The number of carbonyl (C=O) groups is 1. The first kappa shape index (κ1) is 19.5. The van der Waals surface area contributed by atoms with Gasteiger partial charge in [-0.2, -0.15) is 10.1 Å². The molecule has 1 atom stereocenters. The Labute approximate surface area is 163 Å². The molecule has 0 aliphatic carbocycles. The molecule has 0 spiro atoms. The molecule has 0 saturated carbocycles. The molecule has 1 aliphatic heterocycles. The van der Waals surface area contributed by atoms with Crippen molar-refractivity contribution in [3.63, 3.8) is 0 Å². The van der Waals surface area contributed by atoms with Crippen molar-refractivity contribution >= 4 is 11.9 Å². The van der Waals surface area contributed by atoms with Crippen LogP contribution in [0.1, 0.15) is 31.9 Å². The molecule has 3 rings (SSSR count). The summed E-state index contributed by atoms with van der Waals surface area (Å²) in [5.74, 6) is 1.34. The van der Waals surface area contributed by atoms with E-state index in [1.54, 1.807) is 11.8 Å². The Kier molecular flexibility index (Phi) is 5.98. The van der Waals surface area contributed by atoms with Crippen LogP contribution >= 0.6 is 0 Å². The number of esters is 1. The van der Waals surface area contributed by atoms with Gasteiger partial charge in [0.15, 0.2) is 11.5 Å². The molecule has 0 bridgehead atoms. The van der Waals surface area contributed by atoms with Crippen molar-refractivity contribution in [1.82, 2.24) is 14.8 Å². The van der Waals surface area contributed by atoms with Crippen LogP contribution in [-0.2, 0) is 9.53 Å². The van der Waals surface area contributed by atoms with Gasteiger partial charge in [0, 0.05) is 5.70 Å². The molecule has 1 unspecified atom stereocenters. The predicted molar refractivity (Wildman–Crippen MR) is 104 cm³/mol. The van der Waals surface area contributed by atoms with Gasteiger partial charge in [-0.1, -0.05) is 25.6 Å². The standard InChI is InChI=1S/C20H24N4O4/c1-5-9-27-15-8-7-14(11-16(15)26-4)18-17(19(25)28-10-6-2)13(3)23-20-21-12-22-24(18)20/h6-8,11-12,18H,2,5,9-10H2,1,3-4H3,(H,21,22,23). The van der Waals surface area contributed by atoms with E-state index in [1.807, 2.05) is 32.0 Å². The Morgan fingerprint density at radius 2 is 2.21 bits per heavy atom. The number of nitrogens with one attached hydrogen (secondary N) is 1. The number of benzene rings is 1. The summed E-state index contributed by atoms with van der Waals surface area (Å²) in [7, 11) is 1.58. The maximum absolute atomic E-state index is 12.8. The summed E-state index contributed by atoms with van der Waals surface area (Å²) < 4.78 is 18.2. The molecule has 0 fully saturated rings. The first-order valence-electron chi connectivity index (χ1n) is 9.06. The number of methoxy groups -OCH3 is 1. The lowest BCUT2D eigenvalue weighted by Crippen LogP contribution is -2.29. The maximum atomic E-state index is 12.8. The third-order valence-electron chi connectivity index (χ3n) is 4.31.